The highest BCUT2D eigenvalue weighted by molar-refractivity contribution is 9.10. The number of nitrogens with zero attached hydrogens (tertiary/aromatic N) is 1. The summed E-state index contributed by atoms with van der Waals surface area (Å²) in [4.78, 5) is 21.7. The van der Waals surface area contributed by atoms with Crippen LogP contribution in [-0.2, 0) is 0 Å². The molecule has 0 aliphatic heterocycles. The largest absolute Gasteiger partial charge is 0.294 e. The number of ketones is 1. The number of nitro benzene ring substituents is 1. The minimum Gasteiger partial charge on any atom is -0.294 e. The second-order valence-corrected chi connectivity index (χ2v) is 3.99. The summed E-state index contributed by atoms with van der Waals surface area (Å²) in [5.74, 6) is -0.166. The number of carbonyl (C=O) groups excluding carboxylic acids is 1. The molecule has 1 aromatic rings. The van der Waals surface area contributed by atoms with Gasteiger partial charge in [0, 0.05) is 12.3 Å². The quantitative estimate of drug-likeness (QED) is 0.371. The third-order valence-corrected chi connectivity index (χ3v) is 2.62. The zero-order chi connectivity index (χ0) is 11.4. The lowest BCUT2D eigenvalue weighted by atomic mass is 10.1. The van der Waals surface area contributed by atoms with Crippen LogP contribution in [0.3, 0.4) is 0 Å². The number of nitro groups is 1. The maximum atomic E-state index is 11.5. The van der Waals surface area contributed by atoms with Gasteiger partial charge in [-0.2, -0.15) is 0 Å². The van der Waals surface area contributed by atoms with E-state index in [4.69, 9.17) is 11.6 Å². The number of halogens is 2. The van der Waals surface area contributed by atoms with Crippen molar-refractivity contribution in [2.24, 2.45) is 0 Å². The van der Waals surface area contributed by atoms with Crippen molar-refractivity contribution >= 4 is 39.0 Å². The van der Waals surface area contributed by atoms with Crippen LogP contribution in [0, 0.1) is 10.1 Å². The smallest absolute Gasteiger partial charge is 0.294 e. The monoisotopic (exact) mass is 291 g/mol. The Labute approximate surface area is 99.5 Å². The van der Waals surface area contributed by atoms with Crippen molar-refractivity contribution in [1.82, 2.24) is 0 Å². The SMILES string of the molecule is O=C(CCCl)c1cccc(Br)c1[N+](=O)[O-]. The highest BCUT2D eigenvalue weighted by Crippen LogP contribution is 2.29. The molecule has 0 fully saturated rings. The molecule has 1 aromatic carbocycles. The molecule has 15 heavy (non-hydrogen) atoms. The maximum Gasteiger partial charge on any atom is 0.294 e. The lowest BCUT2D eigenvalue weighted by Gasteiger charge is -2.02. The molecule has 6 heteroatoms. The van der Waals surface area contributed by atoms with Crippen molar-refractivity contribution < 1.29 is 9.72 Å². The molecule has 0 amide bonds. The van der Waals surface area contributed by atoms with E-state index in [1.54, 1.807) is 6.07 Å². The number of carbonyl (C=O) groups is 1. The molecule has 80 valence electrons. The minimum absolute atomic E-state index is 0.0926. The first-order chi connectivity index (χ1) is 7.07. The molecule has 0 bridgehead atoms. The van der Waals surface area contributed by atoms with Crippen molar-refractivity contribution in [3.8, 4) is 0 Å². The van der Waals surface area contributed by atoms with Crippen LogP contribution in [0.2, 0.25) is 0 Å². The van der Waals surface area contributed by atoms with Crippen LogP contribution in [0.25, 0.3) is 0 Å². The van der Waals surface area contributed by atoms with E-state index in [0.29, 0.717) is 4.47 Å². The number of hydrogen-bond donors (Lipinski definition) is 0. The molecule has 0 radical (unpaired) electrons. The van der Waals surface area contributed by atoms with Gasteiger partial charge >= 0.3 is 0 Å². The first kappa shape index (κ1) is 12.1. The highest BCUT2D eigenvalue weighted by Gasteiger charge is 2.22. The minimum atomic E-state index is -0.578. The summed E-state index contributed by atoms with van der Waals surface area (Å²) in [5.41, 5.74) is -0.109. The Bertz CT molecular complexity index is 408. The Morgan fingerprint density at radius 2 is 2.20 bits per heavy atom. The lowest BCUT2D eigenvalue weighted by molar-refractivity contribution is -0.385. The van der Waals surface area contributed by atoms with Gasteiger partial charge in [-0.15, -0.1) is 11.6 Å². The molecule has 0 unspecified atom stereocenters. The molecule has 0 saturated heterocycles. The Balaban J connectivity index is 3.23. The lowest BCUT2D eigenvalue weighted by Crippen LogP contribution is -2.04. The van der Waals surface area contributed by atoms with Crippen LogP contribution in [0.1, 0.15) is 16.8 Å². The maximum absolute atomic E-state index is 11.5. The molecule has 0 atom stereocenters. The predicted molar refractivity (Wildman–Crippen MR) is 60.5 cm³/mol. The topological polar surface area (TPSA) is 60.2 Å². The van der Waals surface area contributed by atoms with E-state index in [1.807, 2.05) is 0 Å². The van der Waals surface area contributed by atoms with Crippen molar-refractivity contribution in [1.29, 1.82) is 0 Å². The Hall–Kier alpha value is -0.940. The normalized spacial score (nSPS) is 10.0. The highest BCUT2D eigenvalue weighted by atomic mass is 79.9. The van der Waals surface area contributed by atoms with Gasteiger partial charge in [0.25, 0.3) is 5.69 Å². The Kier molecular flexibility index (Phi) is 4.23. The summed E-state index contributed by atoms with van der Waals surface area (Å²) in [7, 11) is 0. The van der Waals surface area contributed by atoms with E-state index in [2.05, 4.69) is 15.9 Å². The molecule has 0 saturated carbocycles. The Morgan fingerprint density at radius 3 is 2.73 bits per heavy atom. The standard InChI is InChI=1S/C9H7BrClNO3/c10-7-3-1-2-6(8(13)4-5-11)9(7)12(14)15/h1-3H,4-5H2. The van der Waals surface area contributed by atoms with E-state index in [9.17, 15) is 14.9 Å². The van der Waals surface area contributed by atoms with Crippen molar-refractivity contribution in [3.63, 3.8) is 0 Å². The molecule has 0 aromatic heterocycles. The summed E-state index contributed by atoms with van der Waals surface area (Å²) < 4.78 is 0.299. The molecular weight excluding hydrogens is 285 g/mol. The van der Waals surface area contributed by atoms with E-state index in [1.165, 1.54) is 12.1 Å². The number of para-hydroxylation sites is 1. The van der Waals surface area contributed by atoms with Gasteiger partial charge < -0.3 is 0 Å². The summed E-state index contributed by atoms with van der Waals surface area (Å²) in [6.07, 6.45) is 0.0961. The first-order valence-electron chi connectivity index (χ1n) is 4.10. The van der Waals surface area contributed by atoms with Gasteiger partial charge in [-0.1, -0.05) is 6.07 Å². The van der Waals surface area contributed by atoms with Gasteiger partial charge in [-0.25, -0.2) is 0 Å². The van der Waals surface area contributed by atoms with Crippen molar-refractivity contribution in [3.05, 3.63) is 38.3 Å². The van der Waals surface area contributed by atoms with Crippen LogP contribution >= 0.6 is 27.5 Å². The van der Waals surface area contributed by atoms with Crippen LogP contribution in [-0.4, -0.2) is 16.6 Å². The number of rotatable bonds is 4. The van der Waals surface area contributed by atoms with Gasteiger partial charge in [0.1, 0.15) is 0 Å². The molecule has 0 aliphatic carbocycles. The molecule has 1 rings (SSSR count). The Morgan fingerprint density at radius 1 is 1.53 bits per heavy atom. The number of benzene rings is 1. The molecule has 4 nitrogen and oxygen atoms in total. The van der Waals surface area contributed by atoms with Crippen LogP contribution in [0.4, 0.5) is 5.69 Å². The first-order valence-corrected chi connectivity index (χ1v) is 5.42. The zero-order valence-electron chi connectivity index (χ0n) is 7.57. The van der Waals surface area contributed by atoms with Gasteiger partial charge in [0.15, 0.2) is 5.78 Å². The molecule has 0 N–H and O–H groups in total. The number of Topliss-reactive ketones (excluding diaryl/α,β-unsaturated/α-hetero) is 1. The second-order valence-electron chi connectivity index (χ2n) is 2.76. The van der Waals surface area contributed by atoms with Gasteiger partial charge in [0.05, 0.1) is 15.0 Å². The summed E-state index contributed by atoms with van der Waals surface area (Å²) in [6.45, 7) is 0. The van der Waals surface area contributed by atoms with Gasteiger partial charge in [0.2, 0.25) is 0 Å². The summed E-state index contributed by atoms with van der Waals surface area (Å²) in [6, 6.07) is 4.53. The predicted octanol–water partition coefficient (Wildman–Crippen LogP) is 3.17. The fourth-order valence-corrected chi connectivity index (χ4v) is 1.83. The van der Waals surface area contributed by atoms with E-state index in [0.717, 1.165) is 0 Å². The fourth-order valence-electron chi connectivity index (χ4n) is 1.15. The number of alkyl halides is 1. The van der Waals surface area contributed by atoms with E-state index in [-0.39, 0.29) is 29.3 Å². The molecule has 0 spiro atoms. The molecule has 0 heterocycles. The van der Waals surface area contributed by atoms with E-state index < -0.39 is 4.92 Å². The van der Waals surface area contributed by atoms with Gasteiger partial charge in [-0.05, 0) is 28.1 Å². The van der Waals surface area contributed by atoms with Gasteiger partial charge in [-0.3, -0.25) is 14.9 Å². The average molecular weight is 293 g/mol. The zero-order valence-corrected chi connectivity index (χ0v) is 9.92. The van der Waals surface area contributed by atoms with Crippen LogP contribution in [0.5, 0.6) is 0 Å². The average Bonchev–Trinajstić information content (AvgIpc) is 2.17. The second kappa shape index (κ2) is 5.23. The third kappa shape index (κ3) is 2.76. The summed E-state index contributed by atoms with van der Waals surface area (Å²) in [5, 5.41) is 10.7. The number of hydrogen-bond acceptors (Lipinski definition) is 3. The summed E-state index contributed by atoms with van der Waals surface area (Å²) >= 11 is 8.46. The van der Waals surface area contributed by atoms with Crippen LogP contribution in [0.15, 0.2) is 22.7 Å². The fraction of sp³-hybridized carbons (Fsp3) is 0.222. The molecule has 0 aliphatic rings. The van der Waals surface area contributed by atoms with Crippen molar-refractivity contribution in [2.75, 3.05) is 5.88 Å². The van der Waals surface area contributed by atoms with Crippen molar-refractivity contribution in [2.45, 2.75) is 6.42 Å². The molecular formula is C9H7BrClNO3. The third-order valence-electron chi connectivity index (χ3n) is 1.79. The van der Waals surface area contributed by atoms with E-state index >= 15 is 0 Å². The van der Waals surface area contributed by atoms with Crippen LogP contribution < -0.4 is 0 Å².